The molecule has 3 rings (SSSR count). The molecular formula is C21H26N2O4S. The second kappa shape index (κ2) is 9.21. The Morgan fingerprint density at radius 2 is 1.71 bits per heavy atom. The van der Waals surface area contributed by atoms with Crippen molar-refractivity contribution in [1.82, 2.24) is 4.31 Å². The van der Waals surface area contributed by atoms with E-state index in [9.17, 15) is 13.2 Å². The van der Waals surface area contributed by atoms with E-state index in [4.69, 9.17) is 4.74 Å². The lowest BCUT2D eigenvalue weighted by Crippen LogP contribution is -2.35. The lowest BCUT2D eigenvalue weighted by atomic mass is 10.1. The number of ether oxygens (including phenoxy) is 1. The maximum atomic E-state index is 12.7. The van der Waals surface area contributed by atoms with Crippen molar-refractivity contribution >= 4 is 21.6 Å². The van der Waals surface area contributed by atoms with E-state index in [0.29, 0.717) is 42.3 Å². The molecule has 2 aromatic rings. The lowest BCUT2D eigenvalue weighted by molar-refractivity contribution is -0.116. The number of nitrogens with zero attached hydrogens (tertiary/aromatic N) is 1. The highest BCUT2D eigenvalue weighted by atomic mass is 32.2. The van der Waals surface area contributed by atoms with Crippen LogP contribution in [-0.4, -0.2) is 38.8 Å². The maximum Gasteiger partial charge on any atom is 0.243 e. The first-order valence-electron chi connectivity index (χ1n) is 9.52. The van der Waals surface area contributed by atoms with Crippen LogP contribution >= 0.6 is 0 Å². The smallest absolute Gasteiger partial charge is 0.243 e. The molecule has 2 aromatic carbocycles. The summed E-state index contributed by atoms with van der Waals surface area (Å²) >= 11 is 0. The first kappa shape index (κ1) is 20.4. The third-order valence-corrected chi connectivity index (χ3v) is 6.81. The van der Waals surface area contributed by atoms with Gasteiger partial charge in [-0.2, -0.15) is 4.31 Å². The predicted molar refractivity (Wildman–Crippen MR) is 109 cm³/mol. The molecule has 28 heavy (non-hydrogen) atoms. The molecule has 1 amide bonds. The number of para-hydroxylation sites is 2. The fourth-order valence-corrected chi connectivity index (χ4v) is 4.82. The molecule has 1 heterocycles. The van der Waals surface area contributed by atoms with E-state index in [1.165, 1.54) is 0 Å². The van der Waals surface area contributed by atoms with Crippen LogP contribution in [0.5, 0.6) is 5.75 Å². The molecule has 1 N–H and O–H groups in total. The van der Waals surface area contributed by atoms with Gasteiger partial charge in [0.1, 0.15) is 5.75 Å². The van der Waals surface area contributed by atoms with E-state index >= 15 is 0 Å². The summed E-state index contributed by atoms with van der Waals surface area (Å²) in [5, 5.41) is 2.84. The summed E-state index contributed by atoms with van der Waals surface area (Å²) in [4.78, 5) is 12.5. The van der Waals surface area contributed by atoms with Crippen LogP contribution in [0.25, 0.3) is 0 Å². The van der Waals surface area contributed by atoms with Crippen molar-refractivity contribution < 1.29 is 17.9 Å². The highest BCUT2D eigenvalue weighted by molar-refractivity contribution is 7.89. The average Bonchev–Trinajstić information content (AvgIpc) is 2.73. The topological polar surface area (TPSA) is 75.7 Å². The van der Waals surface area contributed by atoms with E-state index in [2.05, 4.69) is 5.32 Å². The first-order chi connectivity index (χ1) is 13.5. The molecule has 0 radical (unpaired) electrons. The third kappa shape index (κ3) is 4.91. The molecule has 0 spiro atoms. The molecule has 0 saturated carbocycles. The van der Waals surface area contributed by atoms with Crippen molar-refractivity contribution in [3.63, 3.8) is 0 Å². The molecule has 0 atom stereocenters. The Labute approximate surface area is 166 Å². The summed E-state index contributed by atoms with van der Waals surface area (Å²) in [5.41, 5.74) is 1.56. The van der Waals surface area contributed by atoms with Gasteiger partial charge in [0.25, 0.3) is 0 Å². The fourth-order valence-electron chi connectivity index (χ4n) is 3.30. The number of rotatable bonds is 7. The van der Waals surface area contributed by atoms with Gasteiger partial charge in [0.05, 0.1) is 17.7 Å². The van der Waals surface area contributed by atoms with Crippen molar-refractivity contribution in [2.45, 2.75) is 37.0 Å². The van der Waals surface area contributed by atoms with Gasteiger partial charge in [-0.25, -0.2) is 8.42 Å². The summed E-state index contributed by atoms with van der Waals surface area (Å²) in [7, 11) is -1.86. The monoisotopic (exact) mass is 402 g/mol. The number of hydrogen-bond acceptors (Lipinski definition) is 4. The summed E-state index contributed by atoms with van der Waals surface area (Å²) in [5.74, 6) is 0.498. The molecule has 0 unspecified atom stereocenters. The van der Waals surface area contributed by atoms with E-state index in [1.807, 2.05) is 12.1 Å². The van der Waals surface area contributed by atoms with Crippen LogP contribution < -0.4 is 10.1 Å². The quantitative estimate of drug-likeness (QED) is 0.770. The number of piperidine rings is 1. The first-order valence-corrected chi connectivity index (χ1v) is 11.0. The SMILES string of the molecule is COc1ccccc1NC(=O)CCc1ccc(S(=O)(=O)N2CCCCC2)cc1. The number of anilines is 1. The summed E-state index contributed by atoms with van der Waals surface area (Å²) < 4.78 is 32.1. The zero-order valence-corrected chi connectivity index (χ0v) is 16.9. The summed E-state index contributed by atoms with van der Waals surface area (Å²) in [6.45, 7) is 1.18. The van der Waals surface area contributed by atoms with Crippen molar-refractivity contribution in [1.29, 1.82) is 0 Å². The molecule has 1 aliphatic rings. The zero-order chi connectivity index (χ0) is 20.0. The molecule has 0 bridgehead atoms. The standard InChI is InChI=1S/C21H26N2O4S/c1-27-20-8-4-3-7-19(20)22-21(24)14-11-17-9-12-18(13-10-17)28(25,26)23-15-5-2-6-16-23/h3-4,7-10,12-13H,2,5-6,11,14-16H2,1H3,(H,22,24). The van der Waals surface area contributed by atoms with Crippen molar-refractivity contribution in [2.24, 2.45) is 0 Å². The van der Waals surface area contributed by atoms with E-state index in [-0.39, 0.29) is 5.91 Å². The van der Waals surface area contributed by atoms with Crippen LogP contribution in [0.4, 0.5) is 5.69 Å². The number of sulfonamides is 1. The van der Waals surface area contributed by atoms with Gasteiger partial charge in [-0.15, -0.1) is 0 Å². The number of benzene rings is 2. The fraction of sp³-hybridized carbons (Fsp3) is 0.381. The van der Waals surface area contributed by atoms with Crippen molar-refractivity contribution in [3.05, 3.63) is 54.1 Å². The van der Waals surface area contributed by atoms with Crippen molar-refractivity contribution in [2.75, 3.05) is 25.5 Å². The summed E-state index contributed by atoms with van der Waals surface area (Å²) in [6, 6.07) is 14.1. The van der Waals surface area contributed by atoms with E-state index in [0.717, 1.165) is 24.8 Å². The molecule has 1 fully saturated rings. The van der Waals surface area contributed by atoms with Crippen molar-refractivity contribution in [3.8, 4) is 5.75 Å². The summed E-state index contributed by atoms with van der Waals surface area (Å²) in [6.07, 6.45) is 3.75. The molecule has 1 aliphatic heterocycles. The Hall–Kier alpha value is -2.38. The molecule has 6 nitrogen and oxygen atoms in total. The molecule has 1 saturated heterocycles. The second-order valence-corrected chi connectivity index (χ2v) is 8.80. The number of hydrogen-bond donors (Lipinski definition) is 1. The van der Waals surface area contributed by atoms with Crippen LogP contribution in [0, 0.1) is 0 Å². The van der Waals surface area contributed by atoms with Gasteiger partial charge in [0, 0.05) is 19.5 Å². The number of nitrogens with one attached hydrogen (secondary N) is 1. The highest BCUT2D eigenvalue weighted by Crippen LogP contribution is 2.24. The molecule has 0 aliphatic carbocycles. The number of carbonyl (C=O) groups excluding carboxylic acids is 1. The minimum atomic E-state index is -3.42. The van der Waals surface area contributed by atoms with Crippen LogP contribution in [-0.2, 0) is 21.2 Å². The Morgan fingerprint density at radius 1 is 1.04 bits per heavy atom. The molecular weight excluding hydrogens is 376 g/mol. The van der Waals surface area contributed by atoms with Crippen LogP contribution in [0.3, 0.4) is 0 Å². The number of methoxy groups -OCH3 is 1. The molecule has 7 heteroatoms. The van der Waals surface area contributed by atoms with Crippen LogP contribution in [0.15, 0.2) is 53.4 Å². The van der Waals surface area contributed by atoms with Crippen LogP contribution in [0.1, 0.15) is 31.2 Å². The Balaban J connectivity index is 1.57. The lowest BCUT2D eigenvalue weighted by Gasteiger charge is -2.25. The Bertz CT molecular complexity index is 904. The molecule has 150 valence electrons. The van der Waals surface area contributed by atoms with Gasteiger partial charge in [-0.3, -0.25) is 4.79 Å². The highest BCUT2D eigenvalue weighted by Gasteiger charge is 2.25. The second-order valence-electron chi connectivity index (χ2n) is 6.86. The van der Waals surface area contributed by atoms with Gasteiger partial charge in [0.15, 0.2) is 0 Å². The largest absolute Gasteiger partial charge is 0.495 e. The maximum absolute atomic E-state index is 12.7. The Kier molecular flexibility index (Phi) is 6.70. The average molecular weight is 403 g/mol. The molecule has 0 aromatic heterocycles. The zero-order valence-electron chi connectivity index (χ0n) is 16.1. The van der Waals surface area contributed by atoms with Gasteiger partial charge in [0.2, 0.25) is 15.9 Å². The van der Waals surface area contributed by atoms with Gasteiger partial charge in [-0.1, -0.05) is 30.7 Å². The minimum Gasteiger partial charge on any atom is -0.495 e. The number of amides is 1. The number of aryl methyl sites for hydroxylation is 1. The predicted octanol–water partition coefficient (Wildman–Crippen LogP) is 3.44. The number of carbonyl (C=O) groups is 1. The Morgan fingerprint density at radius 3 is 2.39 bits per heavy atom. The van der Waals surface area contributed by atoms with E-state index in [1.54, 1.807) is 47.8 Å². The van der Waals surface area contributed by atoms with Crippen LogP contribution in [0.2, 0.25) is 0 Å². The van der Waals surface area contributed by atoms with Gasteiger partial charge >= 0.3 is 0 Å². The third-order valence-electron chi connectivity index (χ3n) is 4.90. The van der Waals surface area contributed by atoms with Gasteiger partial charge < -0.3 is 10.1 Å². The van der Waals surface area contributed by atoms with E-state index < -0.39 is 10.0 Å². The normalized spacial score (nSPS) is 15.2. The van der Waals surface area contributed by atoms with Gasteiger partial charge in [-0.05, 0) is 49.1 Å². The minimum absolute atomic E-state index is 0.116.